The molecule has 14 heavy (non-hydrogen) atoms. The number of benzene rings is 1. The summed E-state index contributed by atoms with van der Waals surface area (Å²) in [5.74, 6) is 0.287. The molecule has 4 nitrogen and oxygen atoms in total. The summed E-state index contributed by atoms with van der Waals surface area (Å²) in [5.41, 5.74) is 0.523. The zero-order valence-corrected chi connectivity index (χ0v) is 9.25. The molecule has 0 aliphatic rings. The summed E-state index contributed by atoms with van der Waals surface area (Å²) in [6.45, 7) is -3.66. The van der Waals surface area contributed by atoms with Gasteiger partial charge in [-0.25, -0.2) is 0 Å². The zero-order valence-electron chi connectivity index (χ0n) is 7.54. The van der Waals surface area contributed by atoms with Crippen LogP contribution in [0.1, 0.15) is 5.56 Å². The lowest BCUT2D eigenvalue weighted by Gasteiger charge is -2.26. The summed E-state index contributed by atoms with van der Waals surface area (Å²) < 4.78 is 9.47. The lowest BCUT2D eigenvalue weighted by atomic mass is 10.2. The molecular formula is C8H10O4PS-. The maximum atomic E-state index is 11.3. The molecule has 6 heteroatoms. The second-order valence-electron chi connectivity index (χ2n) is 2.49. The Morgan fingerprint density at radius 1 is 1.50 bits per heavy atom. The van der Waals surface area contributed by atoms with Crippen molar-refractivity contribution in [2.24, 2.45) is 0 Å². The third-order valence-corrected chi connectivity index (χ3v) is 3.12. The maximum absolute atomic E-state index is 11.3. The molecule has 0 amide bonds. The van der Waals surface area contributed by atoms with E-state index in [2.05, 4.69) is 16.3 Å². The second-order valence-corrected chi connectivity index (χ2v) is 5.27. The van der Waals surface area contributed by atoms with Gasteiger partial charge in [-0.3, -0.25) is 0 Å². The Kier molecular flexibility index (Phi) is 4.04. The maximum Gasteiger partial charge on any atom is 0.169 e. The summed E-state index contributed by atoms with van der Waals surface area (Å²) in [5, 5.41) is 8.94. The molecule has 1 atom stereocenters. The van der Waals surface area contributed by atoms with Crippen molar-refractivity contribution in [2.45, 2.75) is 6.61 Å². The van der Waals surface area contributed by atoms with Gasteiger partial charge in [-0.2, -0.15) is 0 Å². The fraction of sp³-hybridized carbons (Fsp3) is 0.250. The Morgan fingerprint density at radius 2 is 2.14 bits per heavy atom. The SMILES string of the molecule is COP([O-])(=S)Oc1ccccc1CO. The van der Waals surface area contributed by atoms with Gasteiger partial charge in [0.1, 0.15) is 5.75 Å². The number of aliphatic hydroxyl groups excluding tert-OH is 1. The number of rotatable bonds is 4. The molecule has 0 aliphatic heterocycles. The van der Waals surface area contributed by atoms with Crippen LogP contribution in [0, 0.1) is 0 Å². The molecule has 1 N–H and O–H groups in total. The van der Waals surface area contributed by atoms with Gasteiger partial charge in [-0.1, -0.05) is 18.2 Å². The van der Waals surface area contributed by atoms with Crippen molar-refractivity contribution in [3.63, 3.8) is 0 Å². The van der Waals surface area contributed by atoms with Crippen molar-refractivity contribution in [1.29, 1.82) is 0 Å². The monoisotopic (exact) mass is 233 g/mol. The molecule has 78 valence electrons. The van der Waals surface area contributed by atoms with E-state index in [1.807, 2.05) is 0 Å². The predicted octanol–water partition coefficient (Wildman–Crippen LogP) is 0.789. The van der Waals surface area contributed by atoms with E-state index in [4.69, 9.17) is 9.63 Å². The van der Waals surface area contributed by atoms with Crippen LogP contribution in [-0.2, 0) is 22.9 Å². The molecule has 0 aromatic heterocycles. The minimum Gasteiger partial charge on any atom is -0.770 e. The molecule has 0 bridgehead atoms. The van der Waals surface area contributed by atoms with Crippen LogP contribution in [0.5, 0.6) is 5.75 Å². The fourth-order valence-corrected chi connectivity index (χ4v) is 1.62. The lowest BCUT2D eigenvalue weighted by Crippen LogP contribution is -2.09. The molecule has 0 radical (unpaired) electrons. The van der Waals surface area contributed by atoms with E-state index >= 15 is 0 Å². The first-order valence-electron chi connectivity index (χ1n) is 3.84. The van der Waals surface area contributed by atoms with Crippen LogP contribution in [0.3, 0.4) is 0 Å². The van der Waals surface area contributed by atoms with Gasteiger partial charge in [-0.15, -0.1) is 0 Å². The number of para-hydroxylation sites is 1. The summed E-state index contributed by atoms with van der Waals surface area (Å²) in [4.78, 5) is 11.3. The first kappa shape index (κ1) is 11.6. The van der Waals surface area contributed by atoms with E-state index in [9.17, 15) is 4.89 Å². The standard InChI is InChI=1S/C8H11O4PS/c1-11-13(10,14)12-8-5-3-2-4-7(8)6-9/h2-5,9H,6H2,1H3,(H,10,14)/p-1. The Labute approximate surface area is 87.4 Å². The van der Waals surface area contributed by atoms with E-state index in [0.717, 1.165) is 0 Å². The van der Waals surface area contributed by atoms with Crippen molar-refractivity contribution in [3.05, 3.63) is 29.8 Å². The van der Waals surface area contributed by atoms with E-state index in [1.165, 1.54) is 7.11 Å². The minimum absolute atomic E-state index is 0.199. The first-order valence-corrected chi connectivity index (χ1v) is 6.40. The predicted molar refractivity (Wildman–Crippen MR) is 54.3 cm³/mol. The molecule has 0 saturated heterocycles. The van der Waals surface area contributed by atoms with Crippen molar-refractivity contribution >= 4 is 18.5 Å². The van der Waals surface area contributed by atoms with Gasteiger partial charge in [0.25, 0.3) is 0 Å². The van der Waals surface area contributed by atoms with Crippen LogP contribution in [0.4, 0.5) is 0 Å². The lowest BCUT2D eigenvalue weighted by molar-refractivity contribution is -0.196. The van der Waals surface area contributed by atoms with Crippen molar-refractivity contribution in [2.75, 3.05) is 7.11 Å². The normalized spacial score (nSPS) is 14.8. The number of hydrogen-bond donors (Lipinski definition) is 1. The van der Waals surface area contributed by atoms with Crippen LogP contribution < -0.4 is 9.42 Å². The van der Waals surface area contributed by atoms with Gasteiger partial charge < -0.3 is 19.0 Å². The van der Waals surface area contributed by atoms with Crippen LogP contribution in [-0.4, -0.2) is 12.2 Å². The summed E-state index contributed by atoms with van der Waals surface area (Å²) in [6, 6.07) is 6.66. The fourth-order valence-electron chi connectivity index (χ4n) is 0.881. The first-order chi connectivity index (χ1) is 6.59. The quantitative estimate of drug-likeness (QED) is 0.779. The van der Waals surface area contributed by atoms with Gasteiger partial charge >= 0.3 is 0 Å². The third-order valence-electron chi connectivity index (χ3n) is 1.58. The Hall–Kier alpha value is -0.450. The van der Waals surface area contributed by atoms with Crippen molar-refractivity contribution in [1.82, 2.24) is 0 Å². The zero-order chi connectivity index (χ0) is 10.6. The molecule has 0 fully saturated rings. The van der Waals surface area contributed by atoms with E-state index in [0.29, 0.717) is 5.56 Å². The summed E-state index contributed by atoms with van der Waals surface area (Å²) >= 11 is 4.56. The van der Waals surface area contributed by atoms with Crippen molar-refractivity contribution < 1.29 is 19.0 Å². The van der Waals surface area contributed by atoms with Gasteiger partial charge in [-0.05, 0) is 17.9 Å². The van der Waals surface area contributed by atoms with Gasteiger partial charge in [0.05, 0.1) is 6.61 Å². The molecule has 0 saturated carbocycles. The molecule has 1 unspecified atom stereocenters. The van der Waals surface area contributed by atoms with Crippen molar-refractivity contribution in [3.8, 4) is 5.75 Å². The molecule has 1 aromatic rings. The molecular weight excluding hydrogens is 223 g/mol. The highest BCUT2D eigenvalue weighted by Gasteiger charge is 2.07. The Bertz CT molecular complexity index is 355. The highest BCUT2D eigenvalue weighted by atomic mass is 32.5. The topological polar surface area (TPSA) is 61.8 Å². The average Bonchev–Trinajstić information content (AvgIpc) is 2.18. The largest absolute Gasteiger partial charge is 0.770 e. The second kappa shape index (κ2) is 4.87. The number of aliphatic hydroxyl groups is 1. The Balaban J connectivity index is 2.91. The van der Waals surface area contributed by atoms with Gasteiger partial charge in [0.15, 0.2) is 6.72 Å². The van der Waals surface area contributed by atoms with Crippen LogP contribution in [0.15, 0.2) is 24.3 Å². The molecule has 0 heterocycles. The average molecular weight is 233 g/mol. The van der Waals surface area contributed by atoms with Crippen LogP contribution in [0.2, 0.25) is 0 Å². The smallest absolute Gasteiger partial charge is 0.169 e. The Morgan fingerprint density at radius 3 is 2.71 bits per heavy atom. The molecule has 0 spiro atoms. The summed E-state index contributed by atoms with van der Waals surface area (Å²) in [6.07, 6.45) is 0. The van der Waals surface area contributed by atoms with E-state index < -0.39 is 6.72 Å². The number of hydrogen-bond acceptors (Lipinski definition) is 5. The summed E-state index contributed by atoms with van der Waals surface area (Å²) in [7, 11) is 1.22. The third kappa shape index (κ3) is 3.04. The molecule has 0 aliphatic carbocycles. The molecule has 1 rings (SSSR count). The molecule has 1 aromatic carbocycles. The van der Waals surface area contributed by atoms with Crippen LogP contribution >= 0.6 is 6.72 Å². The van der Waals surface area contributed by atoms with Gasteiger partial charge in [0, 0.05) is 12.7 Å². The van der Waals surface area contributed by atoms with E-state index in [1.54, 1.807) is 24.3 Å². The highest BCUT2D eigenvalue weighted by molar-refractivity contribution is 8.06. The van der Waals surface area contributed by atoms with Crippen LogP contribution in [0.25, 0.3) is 0 Å². The van der Waals surface area contributed by atoms with Gasteiger partial charge in [0.2, 0.25) is 0 Å². The van der Waals surface area contributed by atoms with E-state index in [-0.39, 0.29) is 12.4 Å². The highest BCUT2D eigenvalue weighted by Crippen LogP contribution is 2.39. The minimum atomic E-state index is -3.46.